The smallest absolute Gasteiger partial charge is 0.127 e. The lowest BCUT2D eigenvalue weighted by Crippen LogP contribution is -1.97. The minimum Gasteiger partial charge on any atom is -0.489 e. The molecule has 0 aliphatic carbocycles. The molecule has 0 N–H and O–H groups in total. The highest BCUT2D eigenvalue weighted by Gasteiger charge is 2.04. The van der Waals surface area contributed by atoms with Crippen LogP contribution >= 0.6 is 23.2 Å². The van der Waals surface area contributed by atoms with E-state index in [1.54, 1.807) is 18.3 Å². The molecule has 1 aromatic carbocycles. The summed E-state index contributed by atoms with van der Waals surface area (Å²) in [5.74, 6) is 0.298. The number of hydrogen-bond acceptors (Lipinski definition) is 2. The van der Waals surface area contributed by atoms with Crippen molar-refractivity contribution in [2.45, 2.75) is 12.5 Å². The Morgan fingerprint density at radius 2 is 2.11 bits per heavy atom. The first-order chi connectivity index (χ1) is 8.69. The van der Waals surface area contributed by atoms with Crippen molar-refractivity contribution in [1.29, 1.82) is 0 Å². The average Bonchev–Trinajstić information content (AvgIpc) is 2.37. The van der Waals surface area contributed by atoms with E-state index < -0.39 is 0 Å². The summed E-state index contributed by atoms with van der Waals surface area (Å²) < 4.78 is 18.7. The Morgan fingerprint density at radius 1 is 1.28 bits per heavy atom. The molecule has 18 heavy (non-hydrogen) atoms. The lowest BCUT2D eigenvalue weighted by Gasteiger charge is -2.08. The van der Waals surface area contributed by atoms with Gasteiger partial charge in [0.15, 0.2) is 0 Å². The number of hydrogen-bond donors (Lipinski definition) is 0. The number of ether oxygens (including phenoxy) is 1. The van der Waals surface area contributed by atoms with E-state index in [4.69, 9.17) is 27.9 Å². The van der Waals surface area contributed by atoms with Crippen LogP contribution in [-0.2, 0) is 12.5 Å². The van der Waals surface area contributed by atoms with Crippen molar-refractivity contribution in [1.82, 2.24) is 4.98 Å². The largest absolute Gasteiger partial charge is 0.489 e. The lowest BCUT2D eigenvalue weighted by molar-refractivity contribution is 0.304. The van der Waals surface area contributed by atoms with Crippen molar-refractivity contribution in [2.75, 3.05) is 0 Å². The number of nitrogens with zero attached hydrogens (tertiary/aromatic N) is 1. The predicted octanol–water partition coefficient (Wildman–Crippen LogP) is 4.19. The summed E-state index contributed by atoms with van der Waals surface area (Å²) >= 11 is 11.6. The van der Waals surface area contributed by atoms with Gasteiger partial charge < -0.3 is 4.74 Å². The van der Waals surface area contributed by atoms with Gasteiger partial charge in [0.05, 0.1) is 5.02 Å². The molecule has 0 saturated heterocycles. The van der Waals surface area contributed by atoms with Crippen molar-refractivity contribution < 1.29 is 9.13 Å². The minimum absolute atomic E-state index is 0.240. The normalized spacial score (nSPS) is 10.4. The van der Waals surface area contributed by atoms with Crippen molar-refractivity contribution >= 4 is 23.2 Å². The first kappa shape index (κ1) is 13.1. The second kappa shape index (κ2) is 6.03. The predicted molar refractivity (Wildman–Crippen MR) is 69.5 cm³/mol. The Bertz CT molecular complexity index is 548. The highest BCUT2D eigenvalue weighted by Crippen LogP contribution is 2.21. The summed E-state index contributed by atoms with van der Waals surface area (Å²) in [4.78, 5) is 3.88. The van der Waals surface area contributed by atoms with Crippen molar-refractivity contribution in [3.63, 3.8) is 0 Å². The van der Waals surface area contributed by atoms with E-state index in [0.29, 0.717) is 16.3 Å². The van der Waals surface area contributed by atoms with Crippen molar-refractivity contribution in [3.8, 4) is 5.75 Å². The van der Waals surface area contributed by atoms with Crippen LogP contribution < -0.4 is 4.74 Å². The second-order valence-electron chi connectivity index (χ2n) is 3.68. The number of aromatic nitrogens is 1. The van der Waals surface area contributed by atoms with Crippen molar-refractivity contribution in [3.05, 3.63) is 58.6 Å². The van der Waals surface area contributed by atoms with E-state index in [1.807, 2.05) is 0 Å². The van der Waals surface area contributed by atoms with Crippen LogP contribution in [-0.4, -0.2) is 4.98 Å². The first-order valence-electron chi connectivity index (χ1n) is 5.25. The van der Waals surface area contributed by atoms with Gasteiger partial charge in [-0.05, 0) is 23.8 Å². The fourth-order valence-corrected chi connectivity index (χ4v) is 1.79. The molecule has 0 bridgehead atoms. The summed E-state index contributed by atoms with van der Waals surface area (Å²) in [6.45, 7) is 0.256. The highest BCUT2D eigenvalue weighted by molar-refractivity contribution is 6.31. The van der Waals surface area contributed by atoms with Crippen LogP contribution in [0.25, 0.3) is 0 Å². The molecule has 0 amide bonds. The summed E-state index contributed by atoms with van der Waals surface area (Å²) in [6.07, 6.45) is 3.16. The number of benzene rings is 1. The Hall–Kier alpha value is -1.32. The summed E-state index contributed by atoms with van der Waals surface area (Å²) in [5, 5.41) is 0.520. The molecule has 94 valence electrons. The average molecular weight is 286 g/mol. The molecule has 1 heterocycles. The maximum Gasteiger partial charge on any atom is 0.127 e. The molecule has 5 heteroatoms. The number of pyridine rings is 1. The molecule has 0 atom stereocenters. The Balaban J connectivity index is 2.11. The molecule has 0 spiro atoms. The van der Waals surface area contributed by atoms with Crippen LogP contribution in [0.5, 0.6) is 5.75 Å². The maximum absolute atomic E-state index is 13.2. The Labute approximate surface area is 114 Å². The topological polar surface area (TPSA) is 22.1 Å². The molecular formula is C13H10Cl2FNO. The van der Waals surface area contributed by atoms with Gasteiger partial charge in [-0.15, -0.1) is 11.6 Å². The van der Waals surface area contributed by atoms with Crippen LogP contribution in [0.2, 0.25) is 5.02 Å². The standard InChI is InChI=1S/C13H10Cl2FNO/c14-6-9-3-11(16)5-12(4-9)18-8-10-1-2-17-7-13(10)15/h1-5,7H,6,8H2. The number of alkyl halides is 1. The van der Waals surface area contributed by atoms with Gasteiger partial charge in [0.2, 0.25) is 0 Å². The van der Waals surface area contributed by atoms with Crippen LogP contribution in [0.3, 0.4) is 0 Å². The van der Waals surface area contributed by atoms with E-state index >= 15 is 0 Å². The van der Waals surface area contributed by atoms with Gasteiger partial charge in [0.25, 0.3) is 0 Å². The van der Waals surface area contributed by atoms with E-state index in [2.05, 4.69) is 4.98 Å². The van der Waals surface area contributed by atoms with E-state index in [0.717, 1.165) is 5.56 Å². The van der Waals surface area contributed by atoms with Gasteiger partial charge in [0.1, 0.15) is 18.2 Å². The zero-order chi connectivity index (χ0) is 13.0. The van der Waals surface area contributed by atoms with E-state index in [-0.39, 0.29) is 18.3 Å². The van der Waals surface area contributed by atoms with Crippen LogP contribution in [0.15, 0.2) is 36.7 Å². The number of rotatable bonds is 4. The van der Waals surface area contributed by atoms with E-state index in [1.165, 1.54) is 18.3 Å². The minimum atomic E-state index is -0.371. The quantitative estimate of drug-likeness (QED) is 0.786. The fourth-order valence-electron chi connectivity index (χ4n) is 1.46. The summed E-state index contributed by atoms with van der Waals surface area (Å²) in [6, 6.07) is 6.14. The molecular weight excluding hydrogens is 276 g/mol. The van der Waals surface area contributed by atoms with E-state index in [9.17, 15) is 4.39 Å². The molecule has 0 unspecified atom stereocenters. The zero-order valence-electron chi connectivity index (χ0n) is 9.37. The highest BCUT2D eigenvalue weighted by atomic mass is 35.5. The third kappa shape index (κ3) is 3.34. The molecule has 0 saturated carbocycles. The molecule has 2 aromatic rings. The third-order valence-corrected chi connectivity index (χ3v) is 2.99. The fraction of sp³-hybridized carbons (Fsp3) is 0.154. The molecule has 2 nitrogen and oxygen atoms in total. The van der Waals surface area contributed by atoms with Gasteiger partial charge in [-0.2, -0.15) is 0 Å². The van der Waals surface area contributed by atoms with Gasteiger partial charge >= 0.3 is 0 Å². The maximum atomic E-state index is 13.2. The molecule has 0 aliphatic heterocycles. The Morgan fingerprint density at radius 3 is 2.83 bits per heavy atom. The monoisotopic (exact) mass is 285 g/mol. The zero-order valence-corrected chi connectivity index (χ0v) is 10.9. The SMILES string of the molecule is Fc1cc(CCl)cc(OCc2ccncc2Cl)c1. The van der Waals surface area contributed by atoms with Gasteiger partial charge in [-0.3, -0.25) is 4.98 Å². The van der Waals surface area contributed by atoms with Crippen LogP contribution in [0.4, 0.5) is 4.39 Å². The number of halogens is 3. The molecule has 0 radical (unpaired) electrons. The van der Waals surface area contributed by atoms with Gasteiger partial charge in [-0.25, -0.2) is 4.39 Å². The molecule has 0 fully saturated rings. The molecule has 2 rings (SSSR count). The summed E-state index contributed by atoms with van der Waals surface area (Å²) in [7, 11) is 0. The van der Waals surface area contributed by atoms with Crippen LogP contribution in [0, 0.1) is 5.82 Å². The molecule has 1 aromatic heterocycles. The van der Waals surface area contributed by atoms with Crippen LogP contribution in [0.1, 0.15) is 11.1 Å². The third-order valence-electron chi connectivity index (χ3n) is 2.34. The van der Waals surface area contributed by atoms with Gasteiger partial charge in [-0.1, -0.05) is 11.6 Å². The molecule has 0 aliphatic rings. The summed E-state index contributed by atoms with van der Waals surface area (Å²) in [5.41, 5.74) is 1.47. The van der Waals surface area contributed by atoms with Crippen molar-refractivity contribution in [2.24, 2.45) is 0 Å². The Kier molecular flexibility index (Phi) is 4.39. The lowest BCUT2D eigenvalue weighted by atomic mass is 10.2. The second-order valence-corrected chi connectivity index (χ2v) is 4.36. The first-order valence-corrected chi connectivity index (χ1v) is 6.17. The van der Waals surface area contributed by atoms with Gasteiger partial charge in [0, 0.05) is 29.9 Å².